The second kappa shape index (κ2) is 10.5. The highest BCUT2D eigenvalue weighted by Crippen LogP contribution is 2.37. The van der Waals surface area contributed by atoms with Crippen molar-refractivity contribution in [2.24, 2.45) is 20.5 Å². The topological polar surface area (TPSA) is 88.4 Å². The fourth-order valence-electron chi connectivity index (χ4n) is 4.03. The molecule has 7 nitrogen and oxygen atoms in total. The standard InChI is InChI=1S/C30H26N6O/c1-19-21(3)25(33-35-29-9-5-7-17-31-29)13-11-23(19)27-15-16-28(37-27)24-12-14-26(22(4)20(24)2)34-36-30-10-6-8-18-32-30/h5-18H,1-4H3/b35-33+,36-34+. The molecule has 0 aliphatic rings. The van der Waals surface area contributed by atoms with Crippen LogP contribution in [-0.2, 0) is 0 Å². The number of benzene rings is 2. The summed E-state index contributed by atoms with van der Waals surface area (Å²) in [5, 5.41) is 17.3. The Hall–Kier alpha value is -4.78. The molecular formula is C30H26N6O. The molecule has 2 aromatic carbocycles. The van der Waals surface area contributed by atoms with Crippen LogP contribution in [0.15, 0.2) is 110 Å². The summed E-state index contributed by atoms with van der Waals surface area (Å²) in [6.07, 6.45) is 3.40. The number of azo groups is 2. The number of furan rings is 1. The highest BCUT2D eigenvalue weighted by molar-refractivity contribution is 5.73. The molecule has 0 unspecified atom stereocenters. The monoisotopic (exact) mass is 486 g/mol. The molecule has 0 saturated carbocycles. The summed E-state index contributed by atoms with van der Waals surface area (Å²) < 4.78 is 6.34. The Balaban J connectivity index is 1.41. The molecule has 0 fully saturated rings. The summed E-state index contributed by atoms with van der Waals surface area (Å²) >= 11 is 0. The van der Waals surface area contributed by atoms with Gasteiger partial charge in [0.25, 0.3) is 0 Å². The van der Waals surface area contributed by atoms with Gasteiger partial charge in [-0.05, 0) is 111 Å². The van der Waals surface area contributed by atoms with E-state index < -0.39 is 0 Å². The average molecular weight is 487 g/mol. The van der Waals surface area contributed by atoms with Gasteiger partial charge in [-0.1, -0.05) is 12.1 Å². The van der Waals surface area contributed by atoms with Gasteiger partial charge in [0.15, 0.2) is 11.6 Å². The van der Waals surface area contributed by atoms with E-state index in [2.05, 4.69) is 44.3 Å². The number of hydrogen-bond donors (Lipinski definition) is 0. The van der Waals surface area contributed by atoms with Gasteiger partial charge in [0.1, 0.15) is 11.5 Å². The Kier molecular flexibility index (Phi) is 6.76. The Bertz CT molecular complexity index is 1490. The Morgan fingerprint density at radius 1 is 0.486 bits per heavy atom. The second-order valence-corrected chi connectivity index (χ2v) is 8.70. The Morgan fingerprint density at radius 3 is 1.35 bits per heavy atom. The van der Waals surface area contributed by atoms with Crippen LogP contribution in [-0.4, -0.2) is 9.97 Å². The van der Waals surface area contributed by atoms with Crippen molar-refractivity contribution in [2.45, 2.75) is 27.7 Å². The van der Waals surface area contributed by atoms with E-state index in [0.29, 0.717) is 11.6 Å². The fraction of sp³-hybridized carbons (Fsp3) is 0.133. The zero-order valence-corrected chi connectivity index (χ0v) is 21.2. The fourth-order valence-corrected chi connectivity index (χ4v) is 4.03. The predicted molar refractivity (Wildman–Crippen MR) is 145 cm³/mol. The summed E-state index contributed by atoms with van der Waals surface area (Å²) in [7, 11) is 0. The van der Waals surface area contributed by atoms with Gasteiger partial charge in [-0.25, -0.2) is 9.97 Å². The Morgan fingerprint density at radius 2 is 0.946 bits per heavy atom. The molecule has 0 spiro atoms. The first-order chi connectivity index (χ1) is 18.0. The first-order valence-electron chi connectivity index (χ1n) is 12.0. The molecule has 3 heterocycles. The summed E-state index contributed by atoms with van der Waals surface area (Å²) in [5.41, 5.74) is 7.94. The highest BCUT2D eigenvalue weighted by atomic mass is 16.3. The number of pyridine rings is 2. The van der Waals surface area contributed by atoms with Crippen molar-refractivity contribution in [3.05, 3.63) is 107 Å². The van der Waals surface area contributed by atoms with E-state index in [9.17, 15) is 0 Å². The molecule has 0 aliphatic carbocycles. The van der Waals surface area contributed by atoms with Gasteiger partial charge < -0.3 is 4.42 Å². The van der Waals surface area contributed by atoms with E-state index in [1.807, 2.05) is 86.6 Å². The van der Waals surface area contributed by atoms with Gasteiger partial charge >= 0.3 is 0 Å². The van der Waals surface area contributed by atoms with Crippen LogP contribution in [0.1, 0.15) is 22.3 Å². The maximum atomic E-state index is 6.34. The van der Waals surface area contributed by atoms with E-state index in [0.717, 1.165) is 56.3 Å². The lowest BCUT2D eigenvalue weighted by Crippen LogP contribution is -1.88. The molecular weight excluding hydrogens is 460 g/mol. The molecule has 3 aromatic heterocycles. The number of aromatic nitrogens is 2. The molecule has 0 saturated heterocycles. The van der Waals surface area contributed by atoms with Gasteiger partial charge in [0, 0.05) is 23.5 Å². The summed E-state index contributed by atoms with van der Waals surface area (Å²) in [6, 6.07) is 23.1. The van der Waals surface area contributed by atoms with E-state index in [1.165, 1.54) is 0 Å². The molecule has 0 aliphatic heterocycles. The highest BCUT2D eigenvalue weighted by Gasteiger charge is 2.15. The van der Waals surface area contributed by atoms with Crippen LogP contribution in [0.4, 0.5) is 23.0 Å². The van der Waals surface area contributed by atoms with Crippen molar-refractivity contribution in [1.82, 2.24) is 9.97 Å². The third-order valence-electron chi connectivity index (χ3n) is 6.47. The molecule has 0 radical (unpaired) electrons. The molecule has 0 N–H and O–H groups in total. The maximum Gasteiger partial charge on any atom is 0.174 e. The van der Waals surface area contributed by atoms with Crippen LogP contribution in [0.25, 0.3) is 22.6 Å². The molecule has 0 atom stereocenters. The summed E-state index contributed by atoms with van der Waals surface area (Å²) in [4.78, 5) is 8.39. The summed E-state index contributed by atoms with van der Waals surface area (Å²) in [5.74, 6) is 2.77. The maximum absolute atomic E-state index is 6.34. The van der Waals surface area contributed by atoms with Gasteiger partial charge in [-0.15, -0.1) is 20.5 Å². The van der Waals surface area contributed by atoms with Gasteiger partial charge in [0.2, 0.25) is 0 Å². The van der Waals surface area contributed by atoms with Crippen molar-refractivity contribution >= 4 is 23.0 Å². The predicted octanol–water partition coefficient (Wildman–Crippen LogP) is 9.47. The molecule has 182 valence electrons. The lowest BCUT2D eigenvalue weighted by Gasteiger charge is -2.10. The van der Waals surface area contributed by atoms with Gasteiger partial charge in [0.05, 0.1) is 11.4 Å². The van der Waals surface area contributed by atoms with Gasteiger partial charge in [-0.3, -0.25) is 0 Å². The second-order valence-electron chi connectivity index (χ2n) is 8.70. The van der Waals surface area contributed by atoms with E-state index in [4.69, 9.17) is 4.42 Å². The van der Waals surface area contributed by atoms with E-state index in [1.54, 1.807) is 12.4 Å². The van der Waals surface area contributed by atoms with Crippen molar-refractivity contribution in [3.8, 4) is 22.6 Å². The van der Waals surface area contributed by atoms with Crippen molar-refractivity contribution in [2.75, 3.05) is 0 Å². The lowest BCUT2D eigenvalue weighted by atomic mass is 10.00. The van der Waals surface area contributed by atoms with Crippen LogP contribution in [0, 0.1) is 27.7 Å². The quantitative estimate of drug-likeness (QED) is 0.224. The minimum absolute atomic E-state index is 0.578. The number of rotatable bonds is 6. The first kappa shape index (κ1) is 23.9. The minimum Gasteiger partial charge on any atom is -0.456 e. The molecule has 5 rings (SSSR count). The third kappa shape index (κ3) is 5.11. The van der Waals surface area contributed by atoms with E-state index >= 15 is 0 Å². The summed E-state index contributed by atoms with van der Waals surface area (Å²) in [6.45, 7) is 8.23. The molecule has 5 aromatic rings. The number of nitrogens with zero attached hydrogens (tertiary/aromatic N) is 6. The van der Waals surface area contributed by atoms with Gasteiger partial charge in [-0.2, -0.15) is 0 Å². The smallest absolute Gasteiger partial charge is 0.174 e. The van der Waals surface area contributed by atoms with Crippen LogP contribution in [0.2, 0.25) is 0 Å². The molecule has 0 bridgehead atoms. The zero-order valence-electron chi connectivity index (χ0n) is 21.2. The third-order valence-corrected chi connectivity index (χ3v) is 6.47. The zero-order chi connectivity index (χ0) is 25.8. The SMILES string of the molecule is Cc1c(/N=N/c2ccccn2)ccc(-c2ccc(-c3ccc(/N=N/c4ccccn4)c(C)c3C)o2)c1C. The average Bonchev–Trinajstić information content (AvgIpc) is 3.41. The van der Waals surface area contributed by atoms with E-state index in [-0.39, 0.29) is 0 Å². The van der Waals surface area contributed by atoms with Crippen LogP contribution < -0.4 is 0 Å². The molecule has 0 amide bonds. The molecule has 37 heavy (non-hydrogen) atoms. The van der Waals surface area contributed by atoms with Crippen molar-refractivity contribution < 1.29 is 4.42 Å². The minimum atomic E-state index is 0.578. The molecule has 7 heteroatoms. The van der Waals surface area contributed by atoms with Crippen molar-refractivity contribution in [3.63, 3.8) is 0 Å². The van der Waals surface area contributed by atoms with Crippen LogP contribution in [0.5, 0.6) is 0 Å². The normalized spacial score (nSPS) is 11.6. The number of hydrogen-bond acceptors (Lipinski definition) is 7. The van der Waals surface area contributed by atoms with Crippen LogP contribution in [0.3, 0.4) is 0 Å². The van der Waals surface area contributed by atoms with Crippen molar-refractivity contribution in [1.29, 1.82) is 0 Å². The largest absolute Gasteiger partial charge is 0.456 e. The lowest BCUT2D eigenvalue weighted by molar-refractivity contribution is 0.596. The Labute approximate surface area is 215 Å². The van der Waals surface area contributed by atoms with Crippen LogP contribution >= 0.6 is 0 Å². The first-order valence-corrected chi connectivity index (χ1v) is 12.0.